The molecule has 2 heterocycles. The Kier molecular flexibility index (Phi) is 5.23. The minimum atomic E-state index is -0.296. The highest BCUT2D eigenvalue weighted by Crippen LogP contribution is 2.42. The molecule has 1 aliphatic heterocycles. The van der Waals surface area contributed by atoms with Gasteiger partial charge < -0.3 is 9.64 Å². The first-order valence-electron chi connectivity index (χ1n) is 10.1. The van der Waals surface area contributed by atoms with Gasteiger partial charge in [0.1, 0.15) is 11.9 Å². The molecule has 1 amide bonds. The Morgan fingerprint density at radius 1 is 1.28 bits per heavy atom. The predicted molar refractivity (Wildman–Crippen MR) is 106 cm³/mol. The number of carbonyl (C=O) groups is 1. The number of aromatic nitrogens is 1. The maximum Gasteiger partial charge on any atom is 0.254 e. The maximum atomic E-state index is 13.7. The Morgan fingerprint density at radius 2 is 2.07 bits per heavy atom. The minimum Gasteiger partial charge on any atom is -0.472 e. The van der Waals surface area contributed by atoms with Crippen LogP contribution >= 0.6 is 0 Å². The molecule has 2 fully saturated rings. The molecule has 1 aromatic heterocycles. The van der Waals surface area contributed by atoms with Crippen molar-refractivity contribution in [3.05, 3.63) is 58.5 Å². The van der Waals surface area contributed by atoms with Crippen molar-refractivity contribution in [2.75, 3.05) is 6.54 Å². The van der Waals surface area contributed by atoms with E-state index in [0.29, 0.717) is 29.1 Å². The standard InChI is InChI=1S/C23H24FN3O2/c1-14-3-7-19(29-22-15(2)17(12-25)9-10-26-22)13-27(14)23(28)20-8-6-18(24)11-21(20)16-4-5-16/h6,8-11,14,16,19H,3-5,7,13H2,1-2H3. The fourth-order valence-corrected chi connectivity index (χ4v) is 3.98. The molecule has 2 atom stereocenters. The molecule has 0 bridgehead atoms. The monoisotopic (exact) mass is 393 g/mol. The predicted octanol–water partition coefficient (Wildman–Crippen LogP) is 4.35. The number of rotatable bonds is 4. The molecule has 4 rings (SSSR count). The number of nitriles is 1. The third kappa shape index (κ3) is 3.95. The number of pyridine rings is 1. The topological polar surface area (TPSA) is 66.2 Å². The van der Waals surface area contributed by atoms with Crippen LogP contribution in [0.5, 0.6) is 5.88 Å². The first kappa shape index (κ1) is 19.4. The van der Waals surface area contributed by atoms with Gasteiger partial charge in [-0.25, -0.2) is 9.37 Å². The van der Waals surface area contributed by atoms with Gasteiger partial charge in [-0.15, -0.1) is 0 Å². The third-order valence-corrected chi connectivity index (χ3v) is 5.92. The van der Waals surface area contributed by atoms with Gasteiger partial charge in [-0.3, -0.25) is 4.79 Å². The van der Waals surface area contributed by atoms with Crippen LogP contribution in [0.1, 0.15) is 65.6 Å². The number of benzene rings is 1. The van der Waals surface area contributed by atoms with Crippen LogP contribution in [0.3, 0.4) is 0 Å². The molecule has 2 aliphatic rings. The molecule has 0 spiro atoms. The highest BCUT2D eigenvalue weighted by atomic mass is 19.1. The van der Waals surface area contributed by atoms with Gasteiger partial charge in [-0.1, -0.05) is 0 Å². The Labute approximate surface area is 170 Å². The van der Waals surface area contributed by atoms with Crippen LogP contribution in [0, 0.1) is 24.1 Å². The summed E-state index contributed by atoms with van der Waals surface area (Å²) in [5.74, 6) is 0.368. The lowest BCUT2D eigenvalue weighted by atomic mass is 9.97. The molecular formula is C23H24FN3O2. The zero-order valence-corrected chi connectivity index (χ0v) is 16.7. The molecule has 1 saturated carbocycles. The molecule has 0 N–H and O–H groups in total. The van der Waals surface area contributed by atoms with Crippen LogP contribution < -0.4 is 4.74 Å². The Bertz CT molecular complexity index is 981. The first-order valence-corrected chi connectivity index (χ1v) is 10.1. The number of nitrogens with zero attached hydrogens (tertiary/aromatic N) is 3. The van der Waals surface area contributed by atoms with E-state index in [2.05, 4.69) is 11.1 Å². The molecule has 1 aromatic carbocycles. The Hall–Kier alpha value is -2.94. The lowest BCUT2D eigenvalue weighted by molar-refractivity contribution is 0.0370. The second kappa shape index (κ2) is 7.82. The molecule has 1 aliphatic carbocycles. The minimum absolute atomic E-state index is 0.0665. The van der Waals surface area contributed by atoms with E-state index in [4.69, 9.17) is 4.74 Å². The number of halogens is 1. The summed E-state index contributed by atoms with van der Waals surface area (Å²) < 4.78 is 19.8. The fourth-order valence-electron chi connectivity index (χ4n) is 3.98. The zero-order chi connectivity index (χ0) is 20.5. The summed E-state index contributed by atoms with van der Waals surface area (Å²) in [5.41, 5.74) is 2.67. The summed E-state index contributed by atoms with van der Waals surface area (Å²) in [7, 11) is 0. The number of ether oxygens (including phenoxy) is 1. The van der Waals surface area contributed by atoms with Gasteiger partial charge in [0.25, 0.3) is 5.91 Å². The van der Waals surface area contributed by atoms with Gasteiger partial charge in [0.2, 0.25) is 5.88 Å². The van der Waals surface area contributed by atoms with Gasteiger partial charge in [0, 0.05) is 23.4 Å². The van der Waals surface area contributed by atoms with E-state index in [-0.39, 0.29) is 29.8 Å². The molecule has 5 nitrogen and oxygen atoms in total. The van der Waals surface area contributed by atoms with E-state index in [9.17, 15) is 14.4 Å². The van der Waals surface area contributed by atoms with Crippen LogP contribution in [0.2, 0.25) is 0 Å². The SMILES string of the molecule is Cc1c(C#N)ccnc1OC1CCC(C)N(C(=O)c2ccc(F)cc2C2CC2)C1. The van der Waals surface area contributed by atoms with Gasteiger partial charge in [0.05, 0.1) is 18.2 Å². The quantitative estimate of drug-likeness (QED) is 0.775. The van der Waals surface area contributed by atoms with Crippen LogP contribution in [0.15, 0.2) is 30.5 Å². The summed E-state index contributed by atoms with van der Waals surface area (Å²) in [6.07, 6.45) is 5.00. The van der Waals surface area contributed by atoms with Crippen molar-refractivity contribution in [1.29, 1.82) is 5.26 Å². The summed E-state index contributed by atoms with van der Waals surface area (Å²) in [5, 5.41) is 9.21. The molecule has 1 saturated heterocycles. The smallest absolute Gasteiger partial charge is 0.254 e. The van der Waals surface area contributed by atoms with Crippen molar-refractivity contribution < 1.29 is 13.9 Å². The number of likely N-dealkylation sites (tertiary alicyclic amines) is 1. The van der Waals surface area contributed by atoms with Crippen molar-refractivity contribution >= 4 is 5.91 Å². The second-order valence-corrected chi connectivity index (χ2v) is 8.03. The molecule has 2 aromatic rings. The van der Waals surface area contributed by atoms with Gasteiger partial charge in [-0.05, 0) is 75.3 Å². The second-order valence-electron chi connectivity index (χ2n) is 8.03. The van der Waals surface area contributed by atoms with Crippen molar-refractivity contribution in [3.8, 4) is 11.9 Å². The van der Waals surface area contributed by atoms with E-state index in [1.165, 1.54) is 12.1 Å². The zero-order valence-electron chi connectivity index (χ0n) is 16.7. The average Bonchev–Trinajstić information content (AvgIpc) is 3.56. The number of hydrogen-bond acceptors (Lipinski definition) is 4. The molecule has 29 heavy (non-hydrogen) atoms. The van der Waals surface area contributed by atoms with Gasteiger partial charge in [-0.2, -0.15) is 5.26 Å². The number of amides is 1. The molecule has 0 radical (unpaired) electrons. The van der Waals surface area contributed by atoms with Crippen LogP contribution in [0.4, 0.5) is 4.39 Å². The van der Waals surface area contributed by atoms with E-state index >= 15 is 0 Å². The average molecular weight is 393 g/mol. The molecule has 2 unspecified atom stereocenters. The van der Waals surface area contributed by atoms with E-state index in [0.717, 1.165) is 31.2 Å². The van der Waals surface area contributed by atoms with E-state index < -0.39 is 0 Å². The highest BCUT2D eigenvalue weighted by molar-refractivity contribution is 5.96. The Morgan fingerprint density at radius 3 is 2.79 bits per heavy atom. The van der Waals surface area contributed by atoms with Crippen molar-refractivity contribution in [3.63, 3.8) is 0 Å². The first-order chi connectivity index (χ1) is 14.0. The molecule has 150 valence electrons. The molecular weight excluding hydrogens is 369 g/mol. The van der Waals surface area contributed by atoms with Crippen molar-refractivity contribution in [1.82, 2.24) is 9.88 Å². The number of carbonyl (C=O) groups excluding carboxylic acids is 1. The highest BCUT2D eigenvalue weighted by Gasteiger charge is 2.35. The van der Waals surface area contributed by atoms with Crippen LogP contribution in [-0.2, 0) is 0 Å². The third-order valence-electron chi connectivity index (χ3n) is 5.92. The Balaban J connectivity index is 1.54. The lowest BCUT2D eigenvalue weighted by Crippen LogP contribution is -2.49. The normalized spacial score (nSPS) is 21.5. The van der Waals surface area contributed by atoms with Crippen molar-refractivity contribution in [2.45, 2.75) is 57.6 Å². The largest absolute Gasteiger partial charge is 0.472 e. The van der Waals surface area contributed by atoms with Crippen LogP contribution in [-0.4, -0.2) is 34.5 Å². The van der Waals surface area contributed by atoms with Crippen molar-refractivity contribution in [2.24, 2.45) is 0 Å². The van der Waals surface area contributed by atoms with Crippen LogP contribution in [0.25, 0.3) is 0 Å². The summed E-state index contributed by atoms with van der Waals surface area (Å²) in [6.45, 7) is 4.29. The molecule has 6 heteroatoms. The van der Waals surface area contributed by atoms with E-state index in [1.54, 1.807) is 18.3 Å². The summed E-state index contributed by atoms with van der Waals surface area (Å²) >= 11 is 0. The van der Waals surface area contributed by atoms with Gasteiger partial charge in [0.15, 0.2) is 0 Å². The fraction of sp³-hybridized carbons (Fsp3) is 0.435. The van der Waals surface area contributed by atoms with E-state index in [1.807, 2.05) is 18.7 Å². The summed E-state index contributed by atoms with van der Waals surface area (Å²) in [4.78, 5) is 19.4. The number of piperidine rings is 1. The summed E-state index contributed by atoms with van der Waals surface area (Å²) in [6, 6.07) is 8.37. The van der Waals surface area contributed by atoms with Gasteiger partial charge >= 0.3 is 0 Å². The maximum absolute atomic E-state index is 13.7. The number of hydrogen-bond donors (Lipinski definition) is 0. The lowest BCUT2D eigenvalue weighted by Gasteiger charge is -2.38.